The van der Waals surface area contributed by atoms with Crippen molar-refractivity contribution in [3.05, 3.63) is 67.0 Å². The molecule has 20 heavy (non-hydrogen) atoms. The van der Waals surface area contributed by atoms with Crippen LogP contribution in [-0.2, 0) is 0 Å². The third-order valence-corrected chi connectivity index (χ3v) is 4.90. The second-order valence-corrected chi connectivity index (χ2v) is 7.19. The molecule has 0 spiro atoms. The van der Waals surface area contributed by atoms with E-state index in [9.17, 15) is 5.11 Å². The number of aliphatic hydroxyl groups excluding tert-OH is 1. The van der Waals surface area contributed by atoms with E-state index in [1.807, 2.05) is 42.5 Å². The van der Waals surface area contributed by atoms with Crippen molar-refractivity contribution in [2.45, 2.75) is 12.0 Å². The highest BCUT2D eigenvalue weighted by Gasteiger charge is 2.23. The summed E-state index contributed by atoms with van der Waals surface area (Å²) < 4.78 is 2.79. The van der Waals surface area contributed by atoms with E-state index in [4.69, 9.17) is 5.73 Å². The van der Waals surface area contributed by atoms with Crippen molar-refractivity contribution >= 4 is 47.8 Å². The molecule has 0 fully saturated rings. The summed E-state index contributed by atoms with van der Waals surface area (Å²) in [6, 6.07) is 13.6. The van der Waals surface area contributed by atoms with Crippen LogP contribution >= 0.6 is 47.8 Å². The molecule has 2 aromatic carbocycles. The third kappa shape index (κ3) is 3.71. The van der Waals surface area contributed by atoms with E-state index in [1.54, 1.807) is 0 Å². The van der Waals surface area contributed by atoms with E-state index in [0.29, 0.717) is 6.54 Å². The van der Waals surface area contributed by atoms with Gasteiger partial charge in [-0.3, -0.25) is 0 Å². The molecule has 0 amide bonds. The Hall–Kier alpha value is -0.200. The maximum atomic E-state index is 10.7. The molecular weight excluding hydrogens is 450 g/mol. The van der Waals surface area contributed by atoms with Crippen LogP contribution in [0.2, 0.25) is 0 Å². The minimum absolute atomic E-state index is 0.155. The van der Waals surface area contributed by atoms with E-state index in [0.717, 1.165) is 24.5 Å². The summed E-state index contributed by atoms with van der Waals surface area (Å²) in [5.74, 6) is -0.155. The Morgan fingerprint density at radius 1 is 1.00 bits per heavy atom. The number of benzene rings is 2. The molecule has 0 saturated carbocycles. The molecule has 2 aromatic rings. The number of aliphatic hydroxyl groups is 1. The van der Waals surface area contributed by atoms with Gasteiger partial charge in [-0.15, -0.1) is 0 Å². The number of nitrogens with two attached hydrogens (primary N) is 1. The van der Waals surface area contributed by atoms with Gasteiger partial charge in [0, 0.05) is 25.9 Å². The predicted molar refractivity (Wildman–Crippen MR) is 92.7 cm³/mol. The highest BCUT2D eigenvalue weighted by molar-refractivity contribution is 9.11. The van der Waals surface area contributed by atoms with Crippen LogP contribution in [0.15, 0.2) is 55.9 Å². The summed E-state index contributed by atoms with van der Waals surface area (Å²) in [4.78, 5) is 0. The van der Waals surface area contributed by atoms with Crippen LogP contribution in [0.5, 0.6) is 0 Å². The first kappa shape index (κ1) is 16.2. The van der Waals surface area contributed by atoms with Gasteiger partial charge in [0.1, 0.15) is 0 Å². The molecule has 2 atom stereocenters. The number of hydrogen-bond donors (Lipinski definition) is 2. The zero-order valence-electron chi connectivity index (χ0n) is 10.6. The largest absolute Gasteiger partial charge is 0.388 e. The van der Waals surface area contributed by atoms with Gasteiger partial charge in [0.15, 0.2) is 0 Å². The van der Waals surface area contributed by atoms with Gasteiger partial charge in [0.2, 0.25) is 0 Å². The lowest BCUT2D eigenvalue weighted by molar-refractivity contribution is 0.146. The van der Waals surface area contributed by atoms with E-state index in [2.05, 4.69) is 47.8 Å². The first-order chi connectivity index (χ1) is 9.52. The molecule has 2 unspecified atom stereocenters. The molecule has 0 radical (unpaired) electrons. The van der Waals surface area contributed by atoms with Crippen LogP contribution in [0.1, 0.15) is 23.1 Å². The van der Waals surface area contributed by atoms with Gasteiger partial charge in [0.25, 0.3) is 0 Å². The Morgan fingerprint density at radius 3 is 2.35 bits per heavy atom. The molecule has 0 heterocycles. The summed E-state index contributed by atoms with van der Waals surface area (Å²) in [6.07, 6.45) is -0.666. The Bertz CT molecular complexity index is 603. The van der Waals surface area contributed by atoms with E-state index < -0.39 is 6.10 Å². The molecule has 0 aliphatic carbocycles. The molecule has 2 rings (SSSR count). The smallest absolute Gasteiger partial charge is 0.0881 e. The minimum Gasteiger partial charge on any atom is -0.388 e. The molecular formula is C15H14Br3NO. The average molecular weight is 464 g/mol. The van der Waals surface area contributed by atoms with Crippen LogP contribution in [0.25, 0.3) is 0 Å². The van der Waals surface area contributed by atoms with Crippen molar-refractivity contribution in [1.29, 1.82) is 0 Å². The van der Waals surface area contributed by atoms with Crippen LogP contribution in [-0.4, -0.2) is 11.7 Å². The molecule has 0 saturated heterocycles. The van der Waals surface area contributed by atoms with Gasteiger partial charge in [-0.1, -0.05) is 59.9 Å². The fraction of sp³-hybridized carbons (Fsp3) is 0.200. The lowest BCUT2D eigenvalue weighted by Crippen LogP contribution is -2.20. The maximum absolute atomic E-state index is 10.7. The van der Waals surface area contributed by atoms with Crippen LogP contribution in [0, 0.1) is 0 Å². The lowest BCUT2D eigenvalue weighted by Gasteiger charge is -2.23. The molecule has 5 heteroatoms. The lowest BCUT2D eigenvalue weighted by atomic mass is 9.89. The Morgan fingerprint density at radius 2 is 1.70 bits per heavy atom. The van der Waals surface area contributed by atoms with Crippen molar-refractivity contribution in [2.24, 2.45) is 5.73 Å². The SMILES string of the molecule is NCC(c1cccc(Br)c1)C(O)c1cc(Br)ccc1Br. The van der Waals surface area contributed by atoms with Crippen molar-refractivity contribution in [1.82, 2.24) is 0 Å². The minimum atomic E-state index is -0.666. The molecule has 0 aliphatic heterocycles. The van der Waals surface area contributed by atoms with Crippen LogP contribution in [0.3, 0.4) is 0 Å². The molecule has 106 valence electrons. The number of hydrogen-bond acceptors (Lipinski definition) is 2. The Kier molecular flexibility index (Phi) is 5.81. The number of rotatable bonds is 4. The molecule has 0 aliphatic rings. The fourth-order valence-electron chi connectivity index (χ4n) is 2.14. The molecule has 0 bridgehead atoms. The summed E-state index contributed by atoms with van der Waals surface area (Å²) in [5.41, 5.74) is 7.72. The monoisotopic (exact) mass is 461 g/mol. The highest BCUT2D eigenvalue weighted by atomic mass is 79.9. The summed E-state index contributed by atoms with van der Waals surface area (Å²) in [5, 5.41) is 10.7. The van der Waals surface area contributed by atoms with Crippen LogP contribution < -0.4 is 5.73 Å². The first-order valence-corrected chi connectivity index (χ1v) is 8.49. The summed E-state index contributed by atoms with van der Waals surface area (Å²) >= 11 is 10.4. The average Bonchev–Trinajstić information content (AvgIpc) is 2.42. The van der Waals surface area contributed by atoms with Gasteiger partial charge in [-0.25, -0.2) is 0 Å². The number of halogens is 3. The highest BCUT2D eigenvalue weighted by Crippen LogP contribution is 2.36. The van der Waals surface area contributed by atoms with E-state index in [1.165, 1.54) is 0 Å². The Labute approximate surface area is 143 Å². The quantitative estimate of drug-likeness (QED) is 0.687. The van der Waals surface area contributed by atoms with Gasteiger partial charge in [0.05, 0.1) is 6.10 Å². The topological polar surface area (TPSA) is 46.2 Å². The van der Waals surface area contributed by atoms with Gasteiger partial charge in [-0.2, -0.15) is 0 Å². The second-order valence-electron chi connectivity index (χ2n) is 4.51. The fourth-order valence-corrected chi connectivity index (χ4v) is 3.42. The van der Waals surface area contributed by atoms with Crippen molar-refractivity contribution < 1.29 is 5.11 Å². The predicted octanol–water partition coefficient (Wildman–Crippen LogP) is 4.75. The second kappa shape index (κ2) is 7.18. The van der Waals surface area contributed by atoms with Gasteiger partial charge < -0.3 is 10.8 Å². The zero-order valence-corrected chi connectivity index (χ0v) is 15.3. The zero-order chi connectivity index (χ0) is 14.7. The third-order valence-electron chi connectivity index (χ3n) is 3.19. The van der Waals surface area contributed by atoms with Gasteiger partial charge in [-0.05, 0) is 41.5 Å². The molecule has 2 nitrogen and oxygen atoms in total. The molecule has 0 aromatic heterocycles. The van der Waals surface area contributed by atoms with E-state index in [-0.39, 0.29) is 5.92 Å². The van der Waals surface area contributed by atoms with Crippen molar-refractivity contribution in [2.75, 3.05) is 6.54 Å². The standard InChI is InChI=1S/C15H14Br3NO/c16-10-3-1-2-9(6-10)13(8-19)15(20)12-7-11(17)4-5-14(12)18/h1-7,13,15,20H,8,19H2. The Balaban J connectivity index is 2.38. The first-order valence-electron chi connectivity index (χ1n) is 6.11. The molecule has 3 N–H and O–H groups in total. The normalized spacial score (nSPS) is 14.1. The van der Waals surface area contributed by atoms with Crippen molar-refractivity contribution in [3.8, 4) is 0 Å². The van der Waals surface area contributed by atoms with Crippen LogP contribution in [0.4, 0.5) is 0 Å². The summed E-state index contributed by atoms with van der Waals surface area (Å²) in [7, 11) is 0. The summed E-state index contributed by atoms with van der Waals surface area (Å²) in [6.45, 7) is 0.372. The van der Waals surface area contributed by atoms with E-state index >= 15 is 0 Å². The van der Waals surface area contributed by atoms with Crippen molar-refractivity contribution in [3.63, 3.8) is 0 Å². The maximum Gasteiger partial charge on any atom is 0.0881 e. The van der Waals surface area contributed by atoms with Gasteiger partial charge >= 0.3 is 0 Å².